The van der Waals surface area contributed by atoms with Gasteiger partial charge in [-0.05, 0) is 30.7 Å². The average molecular weight is 234 g/mol. The minimum absolute atomic E-state index is 0.465. The molecule has 0 fully saturated rings. The minimum atomic E-state index is 0.465. The van der Waals surface area contributed by atoms with Gasteiger partial charge in [0, 0.05) is 0 Å². The van der Waals surface area contributed by atoms with Crippen LogP contribution in [0, 0.1) is 6.92 Å². The van der Waals surface area contributed by atoms with E-state index in [0.717, 1.165) is 11.3 Å². The van der Waals surface area contributed by atoms with Crippen molar-refractivity contribution in [3.05, 3.63) is 53.1 Å². The molecule has 0 radical (unpaired) electrons. The molecule has 2 aromatic rings. The molecule has 0 amide bonds. The predicted molar refractivity (Wildman–Crippen MR) is 67.1 cm³/mol. The van der Waals surface area contributed by atoms with Crippen molar-refractivity contribution in [3.63, 3.8) is 0 Å². The summed E-state index contributed by atoms with van der Waals surface area (Å²) < 4.78 is 5.71. The van der Waals surface area contributed by atoms with Gasteiger partial charge in [-0.15, -0.1) is 0 Å². The van der Waals surface area contributed by atoms with Crippen LogP contribution in [0.1, 0.15) is 5.56 Å². The Bertz CT molecular complexity index is 511. The van der Waals surface area contributed by atoms with E-state index in [9.17, 15) is 0 Å². The van der Waals surface area contributed by atoms with Gasteiger partial charge in [0.2, 0.25) is 0 Å². The quantitative estimate of drug-likeness (QED) is 0.795. The molecule has 0 saturated carbocycles. The van der Waals surface area contributed by atoms with Gasteiger partial charge in [-0.25, -0.2) is 0 Å². The number of anilines is 1. The van der Waals surface area contributed by atoms with Crippen molar-refractivity contribution < 1.29 is 4.74 Å². The number of nitrogen functional groups attached to an aromatic ring is 1. The van der Waals surface area contributed by atoms with E-state index < -0.39 is 0 Å². The molecule has 0 aromatic heterocycles. The Morgan fingerprint density at radius 1 is 1.00 bits per heavy atom. The third kappa shape index (κ3) is 2.12. The van der Waals surface area contributed by atoms with Gasteiger partial charge in [0.15, 0.2) is 5.75 Å². The van der Waals surface area contributed by atoms with Gasteiger partial charge in [-0.3, -0.25) is 0 Å². The molecule has 0 aliphatic carbocycles. The summed E-state index contributed by atoms with van der Waals surface area (Å²) >= 11 is 5.91. The monoisotopic (exact) mass is 233 g/mol. The molecular weight excluding hydrogens is 222 g/mol. The fourth-order valence-electron chi connectivity index (χ4n) is 1.40. The number of hydrogen-bond acceptors (Lipinski definition) is 2. The highest BCUT2D eigenvalue weighted by atomic mass is 35.5. The van der Waals surface area contributed by atoms with Crippen molar-refractivity contribution in [1.29, 1.82) is 0 Å². The number of rotatable bonds is 2. The van der Waals surface area contributed by atoms with Gasteiger partial charge in [0.25, 0.3) is 0 Å². The van der Waals surface area contributed by atoms with Gasteiger partial charge < -0.3 is 10.5 Å². The summed E-state index contributed by atoms with van der Waals surface area (Å²) in [4.78, 5) is 0. The maximum absolute atomic E-state index is 5.91. The summed E-state index contributed by atoms with van der Waals surface area (Å²) in [5.74, 6) is 1.37. The molecule has 0 saturated heterocycles. The summed E-state index contributed by atoms with van der Waals surface area (Å²) in [6, 6.07) is 13.1. The Morgan fingerprint density at radius 2 is 1.69 bits per heavy atom. The second-order valence-corrected chi connectivity index (χ2v) is 3.93. The molecule has 2 nitrogen and oxygen atoms in total. The molecule has 0 heterocycles. The lowest BCUT2D eigenvalue weighted by Gasteiger charge is -2.11. The van der Waals surface area contributed by atoms with Crippen LogP contribution in [-0.4, -0.2) is 0 Å². The highest BCUT2D eigenvalue weighted by molar-refractivity contribution is 6.33. The molecule has 2 aromatic carbocycles. The van der Waals surface area contributed by atoms with E-state index in [0.29, 0.717) is 16.5 Å². The fourth-order valence-corrected chi connectivity index (χ4v) is 1.56. The van der Waals surface area contributed by atoms with Gasteiger partial charge >= 0.3 is 0 Å². The molecule has 16 heavy (non-hydrogen) atoms. The second-order valence-electron chi connectivity index (χ2n) is 3.52. The Labute approximate surface area is 99.6 Å². The Hall–Kier alpha value is -1.67. The van der Waals surface area contributed by atoms with Crippen molar-refractivity contribution in [3.8, 4) is 11.5 Å². The second kappa shape index (κ2) is 4.45. The van der Waals surface area contributed by atoms with E-state index in [1.807, 2.05) is 37.3 Å². The summed E-state index contributed by atoms with van der Waals surface area (Å²) in [6.45, 7) is 1.98. The third-order valence-electron chi connectivity index (χ3n) is 2.33. The molecule has 0 aliphatic rings. The van der Waals surface area contributed by atoms with Crippen LogP contribution in [0.3, 0.4) is 0 Å². The molecule has 2 rings (SSSR count). The van der Waals surface area contributed by atoms with Gasteiger partial charge in [0.1, 0.15) is 5.75 Å². The lowest BCUT2D eigenvalue weighted by molar-refractivity contribution is 0.481. The first-order valence-electron chi connectivity index (χ1n) is 4.96. The molecule has 0 bridgehead atoms. The third-order valence-corrected chi connectivity index (χ3v) is 2.66. The van der Waals surface area contributed by atoms with Crippen molar-refractivity contribution in [2.24, 2.45) is 0 Å². The Balaban J connectivity index is 2.35. The first kappa shape index (κ1) is 10.8. The molecule has 3 heteroatoms. The predicted octanol–water partition coefficient (Wildman–Crippen LogP) is 4.02. The number of ether oxygens (including phenoxy) is 1. The molecule has 2 N–H and O–H groups in total. The van der Waals surface area contributed by atoms with Crippen LogP contribution in [0.2, 0.25) is 5.02 Å². The van der Waals surface area contributed by atoms with Gasteiger partial charge in [-0.2, -0.15) is 0 Å². The van der Waals surface area contributed by atoms with E-state index in [1.54, 1.807) is 12.1 Å². The van der Waals surface area contributed by atoms with Crippen LogP contribution in [0.5, 0.6) is 11.5 Å². The fraction of sp³-hybridized carbons (Fsp3) is 0.0769. The maximum Gasteiger partial charge on any atom is 0.151 e. The molecule has 0 unspecified atom stereocenters. The van der Waals surface area contributed by atoms with Crippen LogP contribution in [0.15, 0.2) is 42.5 Å². The summed E-state index contributed by atoms with van der Waals surface area (Å²) in [7, 11) is 0. The molecule has 82 valence electrons. The molecule has 0 aliphatic heterocycles. The zero-order valence-electron chi connectivity index (χ0n) is 8.91. The number of halogens is 1. The van der Waals surface area contributed by atoms with Crippen LogP contribution in [0.4, 0.5) is 5.69 Å². The minimum Gasteiger partial charge on any atom is -0.455 e. The van der Waals surface area contributed by atoms with Crippen LogP contribution < -0.4 is 10.5 Å². The van der Waals surface area contributed by atoms with Crippen molar-refractivity contribution in [1.82, 2.24) is 0 Å². The molecule has 0 atom stereocenters. The zero-order valence-corrected chi connectivity index (χ0v) is 9.66. The van der Waals surface area contributed by atoms with E-state index in [1.165, 1.54) is 0 Å². The summed E-state index contributed by atoms with van der Waals surface area (Å²) in [5.41, 5.74) is 7.35. The smallest absolute Gasteiger partial charge is 0.151 e. The van der Waals surface area contributed by atoms with Gasteiger partial charge in [0.05, 0.1) is 10.7 Å². The average Bonchev–Trinajstić information content (AvgIpc) is 2.28. The largest absolute Gasteiger partial charge is 0.455 e. The lowest BCUT2D eigenvalue weighted by atomic mass is 10.2. The number of aryl methyl sites for hydroxylation is 1. The van der Waals surface area contributed by atoms with E-state index in [2.05, 4.69) is 0 Å². The van der Waals surface area contributed by atoms with E-state index >= 15 is 0 Å². The number of hydrogen-bond donors (Lipinski definition) is 1. The maximum atomic E-state index is 5.91. The molecule has 0 spiro atoms. The van der Waals surface area contributed by atoms with Crippen LogP contribution in [-0.2, 0) is 0 Å². The highest BCUT2D eigenvalue weighted by Crippen LogP contribution is 2.33. The van der Waals surface area contributed by atoms with Gasteiger partial charge in [-0.1, -0.05) is 35.9 Å². The SMILES string of the molecule is Cc1ccccc1Oc1cccc(Cl)c1N. The lowest BCUT2D eigenvalue weighted by Crippen LogP contribution is -1.93. The Morgan fingerprint density at radius 3 is 2.44 bits per heavy atom. The van der Waals surface area contributed by atoms with Crippen molar-refractivity contribution in [2.45, 2.75) is 6.92 Å². The first-order chi connectivity index (χ1) is 7.68. The van der Waals surface area contributed by atoms with Crippen molar-refractivity contribution >= 4 is 17.3 Å². The number of nitrogens with two attached hydrogens (primary N) is 1. The topological polar surface area (TPSA) is 35.2 Å². The highest BCUT2D eigenvalue weighted by Gasteiger charge is 2.06. The summed E-state index contributed by atoms with van der Waals surface area (Å²) in [6.07, 6.45) is 0. The van der Waals surface area contributed by atoms with Crippen molar-refractivity contribution in [2.75, 3.05) is 5.73 Å². The molecular formula is C13H12ClNO. The van der Waals surface area contributed by atoms with E-state index in [4.69, 9.17) is 22.1 Å². The normalized spacial score (nSPS) is 10.1. The zero-order chi connectivity index (χ0) is 11.5. The van der Waals surface area contributed by atoms with Crippen LogP contribution >= 0.6 is 11.6 Å². The number of benzene rings is 2. The van der Waals surface area contributed by atoms with E-state index in [-0.39, 0.29) is 0 Å². The standard InChI is InChI=1S/C13H12ClNO/c1-9-5-2-3-7-11(9)16-12-8-4-6-10(14)13(12)15/h2-8H,15H2,1H3. The summed E-state index contributed by atoms with van der Waals surface area (Å²) in [5, 5.41) is 0.506. The Kier molecular flexibility index (Phi) is 3.02. The van der Waals surface area contributed by atoms with Crippen LogP contribution in [0.25, 0.3) is 0 Å². The first-order valence-corrected chi connectivity index (χ1v) is 5.34. The number of para-hydroxylation sites is 2.